The van der Waals surface area contributed by atoms with Gasteiger partial charge < -0.3 is 5.73 Å². The molecule has 0 saturated heterocycles. The molecule has 3 nitrogen and oxygen atoms in total. The molecule has 4 heteroatoms. The van der Waals surface area contributed by atoms with Crippen LogP contribution in [0.4, 0.5) is 5.95 Å². The average Bonchev–Trinajstić information content (AvgIpc) is 2.46. The second-order valence-corrected chi connectivity index (χ2v) is 6.24. The minimum Gasteiger partial charge on any atom is -0.368 e. The highest BCUT2D eigenvalue weighted by molar-refractivity contribution is 9.10. The Balaban J connectivity index is 2.14. The first-order valence-electron chi connectivity index (χ1n) is 7.01. The van der Waals surface area contributed by atoms with Crippen LogP contribution >= 0.6 is 15.9 Å². The smallest absolute Gasteiger partial charge is 0.221 e. The maximum Gasteiger partial charge on any atom is 0.221 e. The molecule has 0 amide bonds. The number of anilines is 1. The van der Waals surface area contributed by atoms with Crippen molar-refractivity contribution in [2.45, 2.75) is 13.8 Å². The summed E-state index contributed by atoms with van der Waals surface area (Å²) >= 11 is 3.49. The molecule has 0 spiro atoms. The van der Waals surface area contributed by atoms with E-state index in [1.165, 1.54) is 11.1 Å². The van der Waals surface area contributed by atoms with Gasteiger partial charge in [-0.3, -0.25) is 0 Å². The molecule has 0 fully saturated rings. The van der Waals surface area contributed by atoms with Crippen molar-refractivity contribution in [3.8, 4) is 22.5 Å². The summed E-state index contributed by atoms with van der Waals surface area (Å²) in [4.78, 5) is 8.76. The van der Waals surface area contributed by atoms with Gasteiger partial charge in [-0.1, -0.05) is 51.8 Å². The summed E-state index contributed by atoms with van der Waals surface area (Å²) < 4.78 is 1.01. The van der Waals surface area contributed by atoms with Gasteiger partial charge in [0.1, 0.15) is 0 Å². The van der Waals surface area contributed by atoms with E-state index in [4.69, 9.17) is 5.73 Å². The predicted octanol–water partition coefficient (Wildman–Crippen LogP) is 4.77. The van der Waals surface area contributed by atoms with Gasteiger partial charge in [0.05, 0.1) is 11.4 Å². The molecule has 0 bridgehead atoms. The van der Waals surface area contributed by atoms with Crippen molar-refractivity contribution < 1.29 is 0 Å². The first-order chi connectivity index (χ1) is 10.5. The molecule has 2 N–H and O–H groups in total. The zero-order valence-corrected chi connectivity index (χ0v) is 14.1. The van der Waals surface area contributed by atoms with Gasteiger partial charge in [-0.2, -0.15) is 0 Å². The number of aryl methyl sites for hydroxylation is 2. The monoisotopic (exact) mass is 353 g/mol. The highest BCUT2D eigenvalue weighted by atomic mass is 79.9. The predicted molar refractivity (Wildman–Crippen MR) is 94.5 cm³/mol. The quantitative estimate of drug-likeness (QED) is 0.721. The maximum atomic E-state index is 5.92. The van der Waals surface area contributed by atoms with Gasteiger partial charge in [-0.15, -0.1) is 0 Å². The van der Waals surface area contributed by atoms with E-state index in [1.54, 1.807) is 0 Å². The molecular weight excluding hydrogens is 338 g/mol. The Bertz CT molecular complexity index is 843. The van der Waals surface area contributed by atoms with E-state index in [0.29, 0.717) is 0 Å². The van der Waals surface area contributed by atoms with Gasteiger partial charge in [-0.05, 0) is 37.6 Å². The number of hydrogen-bond donors (Lipinski definition) is 1. The lowest BCUT2D eigenvalue weighted by atomic mass is 10.0. The first-order valence-corrected chi connectivity index (χ1v) is 7.80. The van der Waals surface area contributed by atoms with Crippen LogP contribution in [-0.4, -0.2) is 9.97 Å². The molecule has 0 radical (unpaired) electrons. The Hall–Kier alpha value is -2.20. The van der Waals surface area contributed by atoms with E-state index in [2.05, 4.69) is 57.9 Å². The van der Waals surface area contributed by atoms with E-state index >= 15 is 0 Å². The fourth-order valence-corrected chi connectivity index (χ4v) is 2.90. The van der Waals surface area contributed by atoms with E-state index in [1.807, 2.05) is 30.3 Å². The lowest BCUT2D eigenvalue weighted by molar-refractivity contribution is 1.19. The van der Waals surface area contributed by atoms with Crippen LogP contribution in [0.1, 0.15) is 11.1 Å². The van der Waals surface area contributed by atoms with Crippen molar-refractivity contribution >= 4 is 21.9 Å². The Kier molecular flexibility index (Phi) is 3.94. The molecule has 3 aromatic rings. The summed E-state index contributed by atoms with van der Waals surface area (Å²) in [7, 11) is 0. The Morgan fingerprint density at radius 2 is 1.68 bits per heavy atom. The van der Waals surface area contributed by atoms with Gasteiger partial charge in [0.25, 0.3) is 0 Å². The van der Waals surface area contributed by atoms with Crippen molar-refractivity contribution in [1.82, 2.24) is 9.97 Å². The van der Waals surface area contributed by atoms with Crippen LogP contribution < -0.4 is 5.73 Å². The van der Waals surface area contributed by atoms with Crippen molar-refractivity contribution in [2.24, 2.45) is 0 Å². The van der Waals surface area contributed by atoms with E-state index in [9.17, 15) is 0 Å². The van der Waals surface area contributed by atoms with Crippen LogP contribution in [-0.2, 0) is 0 Å². The molecule has 0 unspecified atom stereocenters. The fourth-order valence-electron chi connectivity index (χ4n) is 2.50. The molecule has 2 aromatic carbocycles. The lowest BCUT2D eigenvalue weighted by Gasteiger charge is -2.09. The third-order valence-electron chi connectivity index (χ3n) is 3.52. The van der Waals surface area contributed by atoms with Crippen molar-refractivity contribution in [2.75, 3.05) is 5.73 Å². The van der Waals surface area contributed by atoms with Crippen LogP contribution in [0.5, 0.6) is 0 Å². The number of halogens is 1. The number of nitrogens with two attached hydrogens (primary N) is 1. The van der Waals surface area contributed by atoms with Gasteiger partial charge >= 0.3 is 0 Å². The van der Waals surface area contributed by atoms with Crippen LogP contribution in [0, 0.1) is 13.8 Å². The largest absolute Gasteiger partial charge is 0.368 e. The van der Waals surface area contributed by atoms with Gasteiger partial charge in [0.15, 0.2) is 0 Å². The molecule has 3 rings (SSSR count). The Morgan fingerprint density at radius 3 is 2.41 bits per heavy atom. The van der Waals surface area contributed by atoms with Crippen molar-refractivity contribution in [3.05, 3.63) is 64.1 Å². The van der Waals surface area contributed by atoms with E-state index in [-0.39, 0.29) is 5.95 Å². The molecule has 0 saturated carbocycles. The summed E-state index contributed by atoms with van der Waals surface area (Å²) in [6.07, 6.45) is 0. The minimum absolute atomic E-state index is 0.285. The van der Waals surface area contributed by atoms with Crippen LogP contribution in [0.25, 0.3) is 22.5 Å². The molecule has 0 aliphatic rings. The maximum absolute atomic E-state index is 5.92. The van der Waals surface area contributed by atoms with Crippen LogP contribution in [0.15, 0.2) is 53.0 Å². The second kappa shape index (κ2) is 5.89. The van der Waals surface area contributed by atoms with Gasteiger partial charge in [0, 0.05) is 15.6 Å². The molecule has 22 heavy (non-hydrogen) atoms. The second-order valence-electron chi connectivity index (χ2n) is 5.33. The summed E-state index contributed by atoms with van der Waals surface area (Å²) in [6.45, 7) is 4.16. The Labute approximate surface area is 138 Å². The number of aromatic nitrogens is 2. The van der Waals surface area contributed by atoms with Crippen molar-refractivity contribution in [1.29, 1.82) is 0 Å². The number of nitrogen functional groups attached to an aromatic ring is 1. The molecule has 0 aliphatic carbocycles. The highest BCUT2D eigenvalue weighted by Gasteiger charge is 2.09. The molecule has 0 atom stereocenters. The summed E-state index contributed by atoms with van der Waals surface area (Å²) in [6, 6.07) is 16.3. The highest BCUT2D eigenvalue weighted by Crippen LogP contribution is 2.28. The summed E-state index contributed by atoms with van der Waals surface area (Å²) in [5.74, 6) is 0.285. The molecule has 1 heterocycles. The normalized spacial score (nSPS) is 10.7. The molecule has 1 aromatic heterocycles. The molecule has 110 valence electrons. The zero-order chi connectivity index (χ0) is 15.7. The minimum atomic E-state index is 0.285. The Morgan fingerprint density at radius 1 is 0.909 bits per heavy atom. The number of nitrogens with zero attached hydrogens (tertiary/aromatic N) is 2. The summed E-state index contributed by atoms with van der Waals surface area (Å²) in [5.41, 5.74) is 12.1. The third-order valence-corrected chi connectivity index (χ3v) is 4.01. The number of benzene rings is 2. The summed E-state index contributed by atoms with van der Waals surface area (Å²) in [5, 5.41) is 0. The first kappa shape index (κ1) is 14.7. The van der Waals surface area contributed by atoms with Crippen molar-refractivity contribution in [3.63, 3.8) is 0 Å². The SMILES string of the molecule is Cc1ccc(-c2cc(-c3cccc(Br)c3)nc(N)n2)c(C)c1. The zero-order valence-electron chi connectivity index (χ0n) is 12.5. The standard InChI is InChI=1S/C18H16BrN3/c1-11-6-7-15(12(2)8-11)17-10-16(21-18(20)22-17)13-4-3-5-14(19)9-13/h3-10H,1-2H3,(H2,20,21,22). The van der Waals surface area contributed by atoms with Crippen LogP contribution in [0.2, 0.25) is 0 Å². The molecular formula is C18H16BrN3. The fraction of sp³-hybridized carbons (Fsp3) is 0.111. The lowest BCUT2D eigenvalue weighted by Crippen LogP contribution is -1.99. The topological polar surface area (TPSA) is 51.8 Å². The molecule has 0 aliphatic heterocycles. The van der Waals surface area contributed by atoms with Gasteiger partial charge in [0.2, 0.25) is 5.95 Å². The average molecular weight is 354 g/mol. The number of hydrogen-bond acceptors (Lipinski definition) is 3. The third kappa shape index (κ3) is 3.02. The van der Waals surface area contributed by atoms with Gasteiger partial charge in [-0.25, -0.2) is 9.97 Å². The van der Waals surface area contributed by atoms with E-state index < -0.39 is 0 Å². The number of rotatable bonds is 2. The van der Waals surface area contributed by atoms with Crippen LogP contribution in [0.3, 0.4) is 0 Å². The van der Waals surface area contributed by atoms with E-state index in [0.717, 1.165) is 27.0 Å².